The Bertz CT molecular complexity index is 179. The van der Waals surface area contributed by atoms with Gasteiger partial charge < -0.3 is 10.4 Å². The lowest BCUT2D eigenvalue weighted by atomic mass is 9.97. The van der Waals surface area contributed by atoms with Crippen LogP contribution >= 0.6 is 0 Å². The number of rotatable bonds is 6. The Labute approximate surface area is 87.4 Å². The van der Waals surface area contributed by atoms with Crippen LogP contribution in [0.1, 0.15) is 32.6 Å². The normalized spacial score (nSPS) is 26.7. The topological polar surface area (TPSA) is 32.3 Å². The molecule has 2 unspecified atom stereocenters. The van der Waals surface area contributed by atoms with E-state index in [1.165, 1.54) is 24.8 Å². The van der Waals surface area contributed by atoms with Gasteiger partial charge in [-0.15, -0.1) is 0 Å². The standard InChI is InChI=1S/C12H23NO/c1-3-10(2)7-13-8-11-5-4-6-12(11)9-14/h11-14H,2-9H2,1H3. The van der Waals surface area contributed by atoms with Crippen molar-refractivity contribution in [2.45, 2.75) is 32.6 Å². The first kappa shape index (κ1) is 11.7. The second kappa shape index (κ2) is 6.20. The fourth-order valence-corrected chi connectivity index (χ4v) is 2.18. The van der Waals surface area contributed by atoms with Crippen LogP contribution in [0.5, 0.6) is 0 Å². The van der Waals surface area contributed by atoms with Crippen LogP contribution in [0.15, 0.2) is 12.2 Å². The summed E-state index contributed by atoms with van der Waals surface area (Å²) in [7, 11) is 0. The van der Waals surface area contributed by atoms with E-state index in [9.17, 15) is 0 Å². The summed E-state index contributed by atoms with van der Waals surface area (Å²) in [5, 5.41) is 12.6. The highest BCUT2D eigenvalue weighted by Crippen LogP contribution is 2.30. The van der Waals surface area contributed by atoms with Crippen LogP contribution in [-0.2, 0) is 0 Å². The molecule has 2 atom stereocenters. The number of hydrogen-bond acceptors (Lipinski definition) is 2. The second-order valence-corrected chi connectivity index (χ2v) is 4.37. The molecule has 1 fully saturated rings. The summed E-state index contributed by atoms with van der Waals surface area (Å²) >= 11 is 0. The molecule has 1 rings (SSSR count). The Kier molecular flexibility index (Phi) is 5.20. The molecule has 1 saturated carbocycles. The lowest BCUT2D eigenvalue weighted by Gasteiger charge is -2.18. The van der Waals surface area contributed by atoms with Gasteiger partial charge in [-0.1, -0.05) is 25.5 Å². The number of aliphatic hydroxyl groups is 1. The summed E-state index contributed by atoms with van der Waals surface area (Å²) in [6.07, 6.45) is 4.82. The summed E-state index contributed by atoms with van der Waals surface area (Å²) in [5.41, 5.74) is 1.27. The Hall–Kier alpha value is -0.340. The molecule has 2 heteroatoms. The summed E-state index contributed by atoms with van der Waals surface area (Å²) < 4.78 is 0. The molecule has 0 heterocycles. The van der Waals surface area contributed by atoms with Gasteiger partial charge in [0, 0.05) is 13.2 Å². The SMILES string of the molecule is C=C(CC)CNCC1CCCC1CO. The predicted octanol–water partition coefficient (Wildman–Crippen LogP) is 1.95. The van der Waals surface area contributed by atoms with Crippen molar-refractivity contribution < 1.29 is 5.11 Å². The molecule has 0 amide bonds. The second-order valence-electron chi connectivity index (χ2n) is 4.37. The molecule has 0 aliphatic heterocycles. The van der Waals surface area contributed by atoms with Crippen molar-refractivity contribution in [3.63, 3.8) is 0 Å². The van der Waals surface area contributed by atoms with E-state index < -0.39 is 0 Å². The van der Waals surface area contributed by atoms with Gasteiger partial charge in [0.1, 0.15) is 0 Å². The van der Waals surface area contributed by atoms with E-state index in [-0.39, 0.29) is 0 Å². The molecule has 0 radical (unpaired) electrons. The fourth-order valence-electron chi connectivity index (χ4n) is 2.18. The quantitative estimate of drug-likeness (QED) is 0.638. The zero-order valence-corrected chi connectivity index (χ0v) is 9.26. The highest BCUT2D eigenvalue weighted by atomic mass is 16.3. The Morgan fingerprint density at radius 3 is 2.79 bits per heavy atom. The van der Waals surface area contributed by atoms with Crippen molar-refractivity contribution in [1.29, 1.82) is 0 Å². The summed E-state index contributed by atoms with van der Waals surface area (Å²) in [5.74, 6) is 1.22. The zero-order chi connectivity index (χ0) is 10.4. The fraction of sp³-hybridized carbons (Fsp3) is 0.833. The minimum absolute atomic E-state index is 0.362. The van der Waals surface area contributed by atoms with Crippen molar-refractivity contribution in [2.24, 2.45) is 11.8 Å². The highest BCUT2D eigenvalue weighted by Gasteiger charge is 2.25. The van der Waals surface area contributed by atoms with Gasteiger partial charge in [-0.05, 0) is 37.6 Å². The van der Waals surface area contributed by atoms with Crippen LogP contribution in [0.4, 0.5) is 0 Å². The van der Waals surface area contributed by atoms with Crippen LogP contribution in [0.25, 0.3) is 0 Å². The lowest BCUT2D eigenvalue weighted by Crippen LogP contribution is -2.28. The monoisotopic (exact) mass is 197 g/mol. The molecule has 14 heavy (non-hydrogen) atoms. The maximum absolute atomic E-state index is 9.15. The van der Waals surface area contributed by atoms with Crippen molar-refractivity contribution in [3.8, 4) is 0 Å². The summed E-state index contributed by atoms with van der Waals surface area (Å²) in [4.78, 5) is 0. The van der Waals surface area contributed by atoms with Gasteiger partial charge in [-0.3, -0.25) is 0 Å². The maximum Gasteiger partial charge on any atom is 0.0462 e. The van der Waals surface area contributed by atoms with Gasteiger partial charge in [-0.25, -0.2) is 0 Å². The van der Waals surface area contributed by atoms with Gasteiger partial charge in [0.15, 0.2) is 0 Å². The average Bonchev–Trinajstić information content (AvgIpc) is 2.65. The molecule has 0 spiro atoms. The Morgan fingerprint density at radius 1 is 1.43 bits per heavy atom. The van der Waals surface area contributed by atoms with Gasteiger partial charge >= 0.3 is 0 Å². The Balaban J connectivity index is 2.14. The van der Waals surface area contributed by atoms with Crippen molar-refractivity contribution in [1.82, 2.24) is 5.32 Å². The van der Waals surface area contributed by atoms with E-state index >= 15 is 0 Å². The van der Waals surface area contributed by atoms with E-state index in [1.807, 2.05) is 0 Å². The molecule has 2 nitrogen and oxygen atoms in total. The van der Waals surface area contributed by atoms with E-state index in [2.05, 4.69) is 18.8 Å². The first-order valence-electron chi connectivity index (χ1n) is 5.76. The third-order valence-electron chi connectivity index (χ3n) is 3.33. The lowest BCUT2D eigenvalue weighted by molar-refractivity contribution is 0.193. The van der Waals surface area contributed by atoms with Gasteiger partial charge in [0.05, 0.1) is 0 Å². The molecule has 0 bridgehead atoms. The smallest absolute Gasteiger partial charge is 0.0462 e. The molecule has 0 saturated heterocycles. The summed E-state index contributed by atoms with van der Waals surface area (Å²) in [6, 6.07) is 0. The molecule has 0 aromatic carbocycles. The van der Waals surface area contributed by atoms with Crippen molar-refractivity contribution >= 4 is 0 Å². The van der Waals surface area contributed by atoms with Crippen LogP contribution in [0, 0.1) is 11.8 Å². The molecule has 1 aliphatic carbocycles. The molecule has 1 aliphatic rings. The average molecular weight is 197 g/mol. The van der Waals surface area contributed by atoms with E-state index in [0.29, 0.717) is 18.4 Å². The van der Waals surface area contributed by atoms with Crippen LogP contribution in [0.2, 0.25) is 0 Å². The zero-order valence-electron chi connectivity index (χ0n) is 9.26. The molecule has 0 aromatic heterocycles. The first-order valence-corrected chi connectivity index (χ1v) is 5.76. The van der Waals surface area contributed by atoms with Crippen molar-refractivity contribution in [2.75, 3.05) is 19.7 Å². The first-order chi connectivity index (χ1) is 6.77. The number of hydrogen-bond donors (Lipinski definition) is 2. The summed E-state index contributed by atoms with van der Waals surface area (Å²) in [6.45, 7) is 8.44. The van der Waals surface area contributed by atoms with Crippen molar-refractivity contribution in [3.05, 3.63) is 12.2 Å². The third kappa shape index (κ3) is 3.43. The molecular weight excluding hydrogens is 174 g/mol. The van der Waals surface area contributed by atoms with Gasteiger partial charge in [-0.2, -0.15) is 0 Å². The molecule has 2 N–H and O–H groups in total. The molecule has 82 valence electrons. The van der Waals surface area contributed by atoms with Gasteiger partial charge in [0.25, 0.3) is 0 Å². The van der Waals surface area contributed by atoms with E-state index in [4.69, 9.17) is 5.11 Å². The minimum Gasteiger partial charge on any atom is -0.396 e. The largest absolute Gasteiger partial charge is 0.396 e. The number of nitrogens with one attached hydrogen (secondary N) is 1. The van der Waals surface area contributed by atoms with Gasteiger partial charge in [0.2, 0.25) is 0 Å². The van der Waals surface area contributed by atoms with E-state index in [1.54, 1.807) is 0 Å². The maximum atomic E-state index is 9.15. The molecular formula is C12H23NO. The number of aliphatic hydroxyl groups excluding tert-OH is 1. The highest BCUT2D eigenvalue weighted by molar-refractivity contribution is 4.95. The molecule has 0 aromatic rings. The van der Waals surface area contributed by atoms with Crippen LogP contribution < -0.4 is 5.32 Å². The Morgan fingerprint density at radius 2 is 2.14 bits per heavy atom. The van der Waals surface area contributed by atoms with Crippen LogP contribution in [0.3, 0.4) is 0 Å². The minimum atomic E-state index is 0.362. The predicted molar refractivity (Wildman–Crippen MR) is 60.2 cm³/mol. The van der Waals surface area contributed by atoms with E-state index in [0.717, 1.165) is 19.5 Å². The third-order valence-corrected chi connectivity index (χ3v) is 3.33. The van der Waals surface area contributed by atoms with Crippen LogP contribution in [-0.4, -0.2) is 24.8 Å².